The Morgan fingerprint density at radius 2 is 1.84 bits per heavy atom. The minimum Gasteiger partial charge on any atom is -0.496 e. The highest BCUT2D eigenvalue weighted by atomic mass is 32.2. The van der Waals surface area contributed by atoms with Crippen LogP contribution in [-0.4, -0.2) is 40.5 Å². The van der Waals surface area contributed by atoms with Gasteiger partial charge in [0, 0.05) is 20.6 Å². The monoisotopic (exact) mass is 286 g/mol. The van der Waals surface area contributed by atoms with Gasteiger partial charge in [0.25, 0.3) is 10.2 Å². The maximum absolute atomic E-state index is 11.6. The number of nitrogens with one attached hydrogen (secondary N) is 1. The molecule has 6 heteroatoms. The van der Waals surface area contributed by atoms with E-state index in [0.29, 0.717) is 13.0 Å². The highest BCUT2D eigenvalue weighted by Crippen LogP contribution is 2.22. The fourth-order valence-electron chi connectivity index (χ4n) is 1.78. The summed E-state index contributed by atoms with van der Waals surface area (Å²) in [5.41, 5.74) is 3.28. The number of hydrogen-bond donors (Lipinski definition) is 1. The van der Waals surface area contributed by atoms with Crippen molar-refractivity contribution in [3.63, 3.8) is 0 Å². The first-order valence-electron chi connectivity index (χ1n) is 6.09. The molecule has 0 saturated heterocycles. The Morgan fingerprint density at radius 3 is 2.37 bits per heavy atom. The van der Waals surface area contributed by atoms with E-state index in [1.54, 1.807) is 7.11 Å². The second-order valence-electron chi connectivity index (χ2n) is 4.68. The van der Waals surface area contributed by atoms with E-state index in [1.165, 1.54) is 18.4 Å². The molecule has 1 N–H and O–H groups in total. The summed E-state index contributed by atoms with van der Waals surface area (Å²) >= 11 is 0. The van der Waals surface area contributed by atoms with Gasteiger partial charge in [-0.15, -0.1) is 0 Å². The van der Waals surface area contributed by atoms with E-state index in [2.05, 4.69) is 4.72 Å². The summed E-state index contributed by atoms with van der Waals surface area (Å²) in [5.74, 6) is 0.857. The first-order chi connectivity index (χ1) is 8.77. The van der Waals surface area contributed by atoms with Crippen LogP contribution in [0, 0.1) is 13.8 Å². The summed E-state index contributed by atoms with van der Waals surface area (Å²) in [4.78, 5) is 0. The topological polar surface area (TPSA) is 58.6 Å². The predicted octanol–water partition coefficient (Wildman–Crippen LogP) is 1.25. The summed E-state index contributed by atoms with van der Waals surface area (Å²) < 4.78 is 32.1. The van der Waals surface area contributed by atoms with Crippen molar-refractivity contribution < 1.29 is 13.2 Å². The van der Waals surface area contributed by atoms with Crippen molar-refractivity contribution in [3.8, 4) is 5.75 Å². The minimum atomic E-state index is -3.35. The molecule has 1 aromatic rings. The average Bonchev–Trinajstić information content (AvgIpc) is 2.32. The predicted molar refractivity (Wildman–Crippen MR) is 76.8 cm³/mol. The SMILES string of the molecule is COc1cc(C)c(CCNS(=O)(=O)N(C)C)cc1C. The molecule has 0 radical (unpaired) electrons. The van der Waals surface area contributed by atoms with Crippen LogP contribution in [0.2, 0.25) is 0 Å². The van der Waals surface area contributed by atoms with Crippen LogP contribution in [0.3, 0.4) is 0 Å². The van der Waals surface area contributed by atoms with Crippen LogP contribution in [0.25, 0.3) is 0 Å². The summed E-state index contributed by atoms with van der Waals surface area (Å²) in [6.45, 7) is 4.36. The first-order valence-corrected chi connectivity index (χ1v) is 7.53. The van der Waals surface area contributed by atoms with Crippen molar-refractivity contribution in [2.75, 3.05) is 27.7 Å². The number of aryl methyl sites for hydroxylation is 2. The van der Waals surface area contributed by atoms with E-state index >= 15 is 0 Å². The molecule has 0 aliphatic carbocycles. The Hall–Kier alpha value is -1.11. The Bertz CT molecular complexity index is 539. The summed E-state index contributed by atoms with van der Waals surface area (Å²) in [5, 5.41) is 0. The van der Waals surface area contributed by atoms with E-state index in [-0.39, 0.29) is 0 Å². The molecule has 0 aliphatic heterocycles. The van der Waals surface area contributed by atoms with Gasteiger partial charge in [0.05, 0.1) is 7.11 Å². The number of hydrogen-bond acceptors (Lipinski definition) is 3. The molecule has 0 bridgehead atoms. The third-order valence-corrected chi connectivity index (χ3v) is 4.54. The number of methoxy groups -OCH3 is 1. The van der Waals surface area contributed by atoms with Gasteiger partial charge in [-0.2, -0.15) is 12.7 Å². The Kier molecular flexibility index (Phi) is 5.34. The highest BCUT2D eigenvalue weighted by Gasteiger charge is 2.12. The van der Waals surface area contributed by atoms with Gasteiger partial charge in [-0.3, -0.25) is 0 Å². The van der Waals surface area contributed by atoms with Crippen molar-refractivity contribution in [2.24, 2.45) is 0 Å². The van der Waals surface area contributed by atoms with Crippen LogP contribution in [0.15, 0.2) is 12.1 Å². The van der Waals surface area contributed by atoms with Crippen LogP contribution in [0.5, 0.6) is 5.75 Å². The number of ether oxygens (including phenoxy) is 1. The molecule has 108 valence electrons. The van der Waals surface area contributed by atoms with Crippen LogP contribution < -0.4 is 9.46 Å². The van der Waals surface area contributed by atoms with Gasteiger partial charge in [0.2, 0.25) is 0 Å². The maximum atomic E-state index is 11.6. The summed E-state index contributed by atoms with van der Waals surface area (Å²) in [6.07, 6.45) is 0.656. The zero-order chi connectivity index (χ0) is 14.6. The molecule has 19 heavy (non-hydrogen) atoms. The summed E-state index contributed by atoms with van der Waals surface area (Å²) in [6, 6.07) is 4.02. The standard InChI is InChI=1S/C13H22N2O3S/c1-10-9-13(18-5)11(2)8-12(10)6-7-14-19(16,17)15(3)4/h8-9,14H,6-7H2,1-5H3. The van der Waals surface area contributed by atoms with Crippen LogP contribution >= 0.6 is 0 Å². The molecular formula is C13H22N2O3S. The Morgan fingerprint density at radius 1 is 1.21 bits per heavy atom. The van der Waals surface area contributed by atoms with Gasteiger partial charge in [0.15, 0.2) is 0 Å². The molecular weight excluding hydrogens is 264 g/mol. The van der Waals surface area contributed by atoms with Crippen LogP contribution in [-0.2, 0) is 16.6 Å². The number of benzene rings is 1. The van der Waals surface area contributed by atoms with Crippen LogP contribution in [0.4, 0.5) is 0 Å². The molecule has 0 saturated carbocycles. The van der Waals surface area contributed by atoms with Crippen LogP contribution in [0.1, 0.15) is 16.7 Å². The fraction of sp³-hybridized carbons (Fsp3) is 0.538. The van der Waals surface area contributed by atoms with Crippen molar-refractivity contribution >= 4 is 10.2 Å². The zero-order valence-electron chi connectivity index (χ0n) is 12.1. The Balaban J connectivity index is 2.72. The quantitative estimate of drug-likeness (QED) is 0.856. The highest BCUT2D eigenvalue weighted by molar-refractivity contribution is 7.87. The van der Waals surface area contributed by atoms with Crippen molar-refractivity contribution in [3.05, 3.63) is 28.8 Å². The first kappa shape index (κ1) is 15.9. The lowest BCUT2D eigenvalue weighted by Crippen LogP contribution is -2.36. The zero-order valence-corrected chi connectivity index (χ0v) is 13.0. The maximum Gasteiger partial charge on any atom is 0.278 e. The fourth-order valence-corrected chi connectivity index (χ4v) is 2.40. The normalized spacial score (nSPS) is 11.9. The second-order valence-corrected chi connectivity index (χ2v) is 6.65. The van der Waals surface area contributed by atoms with Crippen molar-refractivity contribution in [1.82, 2.24) is 9.03 Å². The smallest absolute Gasteiger partial charge is 0.278 e. The molecule has 0 amide bonds. The van der Waals surface area contributed by atoms with E-state index in [0.717, 1.165) is 22.4 Å². The lowest BCUT2D eigenvalue weighted by molar-refractivity contribution is 0.411. The van der Waals surface area contributed by atoms with E-state index in [4.69, 9.17) is 4.74 Å². The van der Waals surface area contributed by atoms with Gasteiger partial charge in [-0.25, -0.2) is 4.72 Å². The van der Waals surface area contributed by atoms with Gasteiger partial charge in [0.1, 0.15) is 5.75 Å². The van der Waals surface area contributed by atoms with Gasteiger partial charge in [-0.05, 0) is 43.0 Å². The van der Waals surface area contributed by atoms with Gasteiger partial charge >= 0.3 is 0 Å². The van der Waals surface area contributed by atoms with E-state index < -0.39 is 10.2 Å². The molecule has 0 fully saturated rings. The molecule has 0 unspecified atom stereocenters. The molecule has 0 atom stereocenters. The number of nitrogens with zero attached hydrogens (tertiary/aromatic N) is 1. The van der Waals surface area contributed by atoms with Gasteiger partial charge < -0.3 is 4.74 Å². The largest absolute Gasteiger partial charge is 0.496 e. The lowest BCUT2D eigenvalue weighted by Gasteiger charge is -2.14. The van der Waals surface area contributed by atoms with Crippen molar-refractivity contribution in [2.45, 2.75) is 20.3 Å². The molecule has 0 heterocycles. The molecule has 1 aromatic carbocycles. The molecule has 1 rings (SSSR count). The second kappa shape index (κ2) is 6.36. The molecule has 0 aliphatic rings. The third kappa shape index (κ3) is 4.19. The van der Waals surface area contributed by atoms with Crippen molar-refractivity contribution in [1.29, 1.82) is 0 Å². The van der Waals surface area contributed by atoms with E-state index in [1.807, 2.05) is 26.0 Å². The average molecular weight is 286 g/mol. The minimum absolute atomic E-state index is 0.382. The number of rotatable bonds is 6. The Labute approximate surface area is 115 Å². The lowest BCUT2D eigenvalue weighted by atomic mass is 10.0. The van der Waals surface area contributed by atoms with Gasteiger partial charge in [-0.1, -0.05) is 6.07 Å². The third-order valence-electron chi connectivity index (χ3n) is 3.01. The molecule has 5 nitrogen and oxygen atoms in total. The summed E-state index contributed by atoms with van der Waals surface area (Å²) in [7, 11) is 1.31. The molecule has 0 spiro atoms. The molecule has 0 aromatic heterocycles. The van der Waals surface area contributed by atoms with E-state index in [9.17, 15) is 8.42 Å².